The number of nitrogen functional groups attached to an aromatic ring is 1. The van der Waals surface area contributed by atoms with Crippen molar-refractivity contribution in [2.45, 2.75) is 33.8 Å². The molecule has 0 aliphatic rings. The van der Waals surface area contributed by atoms with Gasteiger partial charge in [0.2, 0.25) is 0 Å². The van der Waals surface area contributed by atoms with Gasteiger partial charge in [0.05, 0.1) is 17.5 Å². The van der Waals surface area contributed by atoms with E-state index in [1.165, 1.54) is 0 Å². The summed E-state index contributed by atoms with van der Waals surface area (Å²) in [4.78, 5) is 11.3. The van der Waals surface area contributed by atoms with Gasteiger partial charge in [-0.25, -0.2) is 9.52 Å². The zero-order valence-electron chi connectivity index (χ0n) is 11.9. The summed E-state index contributed by atoms with van der Waals surface area (Å²) in [5, 5.41) is 0. The van der Waals surface area contributed by atoms with Crippen molar-refractivity contribution < 1.29 is 17.9 Å². The first-order valence-electron chi connectivity index (χ1n) is 5.98. The third-order valence-corrected chi connectivity index (χ3v) is 3.39. The van der Waals surface area contributed by atoms with Crippen molar-refractivity contribution in [2.75, 3.05) is 10.5 Å². The van der Waals surface area contributed by atoms with Gasteiger partial charge >= 0.3 is 16.3 Å². The minimum absolute atomic E-state index is 0.206. The number of anilines is 2. The van der Waals surface area contributed by atoms with Crippen LogP contribution in [-0.4, -0.2) is 20.6 Å². The number of benzene rings is 1. The average Bonchev–Trinajstić information content (AvgIpc) is 2.23. The maximum Gasteiger partial charge on any atom is 0.422 e. The highest BCUT2D eigenvalue weighted by Gasteiger charge is 2.17. The molecule has 0 aromatic heterocycles. The van der Waals surface area contributed by atoms with Gasteiger partial charge in [-0.1, -0.05) is 0 Å². The predicted octanol–water partition coefficient (Wildman–Crippen LogP) is 1.68. The highest BCUT2D eigenvalue weighted by Crippen LogP contribution is 2.23. The molecule has 1 aromatic carbocycles. The van der Waals surface area contributed by atoms with Gasteiger partial charge in [-0.15, -0.1) is 0 Å². The molecule has 0 aliphatic carbocycles. The van der Waals surface area contributed by atoms with Crippen LogP contribution in [0.25, 0.3) is 0 Å². The van der Waals surface area contributed by atoms with Gasteiger partial charge in [0.1, 0.15) is 0 Å². The Labute approximate surface area is 118 Å². The number of rotatable bonds is 4. The van der Waals surface area contributed by atoms with Crippen molar-refractivity contribution >= 4 is 27.7 Å². The first-order valence-corrected chi connectivity index (χ1v) is 7.47. The van der Waals surface area contributed by atoms with Crippen molar-refractivity contribution in [1.82, 2.24) is 4.72 Å². The lowest BCUT2D eigenvalue weighted by Crippen LogP contribution is -2.37. The number of nitrogens with two attached hydrogens (primary N) is 1. The molecule has 4 N–H and O–H groups in total. The molecule has 1 aromatic rings. The molecule has 7 nitrogen and oxygen atoms in total. The monoisotopic (exact) mass is 301 g/mol. The van der Waals surface area contributed by atoms with Crippen molar-refractivity contribution in [1.29, 1.82) is 0 Å². The zero-order valence-corrected chi connectivity index (χ0v) is 12.7. The molecule has 0 aliphatic heterocycles. The van der Waals surface area contributed by atoms with Crippen LogP contribution in [0.2, 0.25) is 0 Å². The average molecular weight is 301 g/mol. The molecule has 0 unspecified atom stereocenters. The van der Waals surface area contributed by atoms with E-state index < -0.39 is 22.4 Å². The second-order valence-electron chi connectivity index (χ2n) is 4.69. The van der Waals surface area contributed by atoms with Gasteiger partial charge in [-0.2, -0.15) is 8.42 Å². The van der Waals surface area contributed by atoms with Crippen molar-refractivity contribution in [3.8, 4) is 0 Å². The van der Waals surface area contributed by atoms with Crippen LogP contribution in [-0.2, 0) is 14.9 Å². The molecule has 1 amide bonds. The fourth-order valence-corrected chi connectivity index (χ4v) is 2.23. The van der Waals surface area contributed by atoms with E-state index in [-0.39, 0.29) is 11.4 Å². The topological polar surface area (TPSA) is 111 Å². The van der Waals surface area contributed by atoms with E-state index in [1.54, 1.807) is 30.7 Å². The standard InChI is InChI=1S/C12H19N3O4S/c1-7(2)19-12(16)15-20(17,18)14-11-6-9(4)8(3)5-10(11)13/h5-7,14H,13H2,1-4H3,(H,15,16). The normalized spacial score (nSPS) is 11.2. The first kappa shape index (κ1) is 16.1. The van der Waals surface area contributed by atoms with Gasteiger partial charge in [0, 0.05) is 0 Å². The maximum atomic E-state index is 11.8. The second-order valence-corrected chi connectivity index (χ2v) is 6.10. The SMILES string of the molecule is Cc1cc(N)c(NS(=O)(=O)NC(=O)OC(C)C)cc1C. The van der Waals surface area contributed by atoms with Gasteiger partial charge in [0.25, 0.3) is 0 Å². The predicted molar refractivity (Wildman–Crippen MR) is 77.6 cm³/mol. The van der Waals surface area contributed by atoms with Gasteiger partial charge in [-0.05, 0) is 51.0 Å². The molecule has 0 bridgehead atoms. The summed E-state index contributed by atoms with van der Waals surface area (Å²) in [6, 6.07) is 3.25. The molecule has 8 heteroatoms. The Morgan fingerprint density at radius 1 is 1.25 bits per heavy atom. The molecule has 0 fully saturated rings. The lowest BCUT2D eigenvalue weighted by molar-refractivity contribution is 0.121. The van der Waals surface area contributed by atoms with Crippen molar-refractivity contribution in [2.24, 2.45) is 0 Å². The number of carbonyl (C=O) groups is 1. The third kappa shape index (κ3) is 4.61. The number of amides is 1. The van der Waals surface area contributed by atoms with E-state index in [2.05, 4.69) is 4.72 Å². The quantitative estimate of drug-likeness (QED) is 0.733. The lowest BCUT2D eigenvalue weighted by atomic mass is 10.1. The first-order chi connectivity index (χ1) is 9.10. The molecule has 0 atom stereocenters. The summed E-state index contributed by atoms with van der Waals surface area (Å²) in [7, 11) is -4.09. The smallest absolute Gasteiger partial charge is 0.422 e. The number of ether oxygens (including phenoxy) is 1. The second kappa shape index (κ2) is 6.00. The minimum Gasteiger partial charge on any atom is -0.446 e. The zero-order chi connectivity index (χ0) is 15.5. The summed E-state index contributed by atoms with van der Waals surface area (Å²) in [5.41, 5.74) is 8.04. The molecule has 0 saturated heterocycles. The summed E-state index contributed by atoms with van der Waals surface area (Å²) in [6.45, 7) is 6.91. The van der Waals surface area contributed by atoms with Crippen LogP contribution in [0.15, 0.2) is 12.1 Å². The Hall–Kier alpha value is -1.96. The Morgan fingerprint density at radius 2 is 1.80 bits per heavy atom. The maximum absolute atomic E-state index is 11.8. The van der Waals surface area contributed by atoms with Crippen LogP contribution in [0.5, 0.6) is 0 Å². The molecule has 20 heavy (non-hydrogen) atoms. The van der Waals surface area contributed by atoms with Crippen LogP contribution in [0, 0.1) is 13.8 Å². The molecule has 0 saturated carbocycles. The Balaban J connectivity index is 2.87. The number of nitrogens with one attached hydrogen (secondary N) is 2. The van der Waals surface area contributed by atoms with Gasteiger partial charge in [0.15, 0.2) is 0 Å². The molecule has 0 spiro atoms. The van der Waals surface area contributed by atoms with Crippen LogP contribution in [0.1, 0.15) is 25.0 Å². The molecular formula is C12H19N3O4S. The fraction of sp³-hybridized carbons (Fsp3) is 0.417. The Morgan fingerprint density at radius 3 is 2.35 bits per heavy atom. The van der Waals surface area contributed by atoms with Crippen LogP contribution in [0.4, 0.5) is 16.2 Å². The molecule has 112 valence electrons. The number of aryl methyl sites for hydroxylation is 2. The third-order valence-electron chi connectivity index (χ3n) is 2.47. The van der Waals surface area contributed by atoms with Crippen molar-refractivity contribution in [3.05, 3.63) is 23.3 Å². The minimum atomic E-state index is -4.09. The molecule has 0 radical (unpaired) electrons. The van der Waals surface area contributed by atoms with Gasteiger partial charge < -0.3 is 10.5 Å². The number of hydrogen-bond donors (Lipinski definition) is 3. The fourth-order valence-electron chi connectivity index (χ4n) is 1.45. The molecule has 0 heterocycles. The highest BCUT2D eigenvalue weighted by molar-refractivity contribution is 7.91. The number of hydrogen-bond acceptors (Lipinski definition) is 5. The molecular weight excluding hydrogens is 282 g/mol. The van der Waals surface area contributed by atoms with Crippen LogP contribution >= 0.6 is 0 Å². The van der Waals surface area contributed by atoms with E-state index >= 15 is 0 Å². The summed E-state index contributed by atoms with van der Waals surface area (Å²) < 4.78 is 32.2. The van der Waals surface area contributed by atoms with E-state index in [9.17, 15) is 13.2 Å². The number of carbonyl (C=O) groups excluding carboxylic acids is 1. The van der Waals surface area contributed by atoms with E-state index in [4.69, 9.17) is 10.5 Å². The van der Waals surface area contributed by atoms with E-state index in [0.29, 0.717) is 0 Å². The molecule has 1 rings (SSSR count). The summed E-state index contributed by atoms with van der Waals surface area (Å²) >= 11 is 0. The van der Waals surface area contributed by atoms with Crippen LogP contribution in [0.3, 0.4) is 0 Å². The highest BCUT2D eigenvalue weighted by atomic mass is 32.2. The summed E-state index contributed by atoms with van der Waals surface area (Å²) in [5.74, 6) is 0. The van der Waals surface area contributed by atoms with E-state index in [1.807, 2.05) is 13.8 Å². The van der Waals surface area contributed by atoms with E-state index in [0.717, 1.165) is 11.1 Å². The summed E-state index contributed by atoms with van der Waals surface area (Å²) in [6.07, 6.45) is -1.47. The Bertz CT molecular complexity index is 611. The largest absolute Gasteiger partial charge is 0.446 e. The van der Waals surface area contributed by atoms with Crippen molar-refractivity contribution in [3.63, 3.8) is 0 Å². The lowest BCUT2D eigenvalue weighted by Gasteiger charge is -2.14. The Kier molecular flexibility index (Phi) is 4.83. The van der Waals surface area contributed by atoms with Crippen LogP contribution < -0.4 is 15.2 Å². The van der Waals surface area contributed by atoms with Gasteiger partial charge in [-0.3, -0.25) is 4.72 Å².